The SMILES string of the molecule is CC(CNC(=O)c1ccc2nccnc2c1)C(N)=S. The first kappa shape index (κ1) is 13.4. The second kappa shape index (κ2) is 5.71. The minimum Gasteiger partial charge on any atom is -0.393 e. The van der Waals surface area contributed by atoms with Crippen molar-refractivity contribution >= 4 is 34.1 Å². The predicted molar refractivity (Wildman–Crippen MR) is 77.8 cm³/mol. The van der Waals surface area contributed by atoms with Crippen LogP contribution in [-0.2, 0) is 0 Å². The van der Waals surface area contributed by atoms with Crippen molar-refractivity contribution in [1.29, 1.82) is 0 Å². The van der Waals surface area contributed by atoms with Gasteiger partial charge in [-0.1, -0.05) is 19.1 Å². The Labute approximate surface area is 116 Å². The third-order valence-corrected chi connectivity index (χ3v) is 3.19. The number of aromatic nitrogens is 2. The van der Waals surface area contributed by atoms with E-state index in [-0.39, 0.29) is 11.8 Å². The van der Waals surface area contributed by atoms with E-state index in [1.165, 1.54) is 0 Å². The molecule has 2 aromatic rings. The molecule has 0 aliphatic heterocycles. The number of hydrogen-bond donors (Lipinski definition) is 2. The third-order valence-electron chi connectivity index (χ3n) is 2.79. The van der Waals surface area contributed by atoms with Gasteiger partial charge < -0.3 is 11.1 Å². The van der Waals surface area contributed by atoms with Gasteiger partial charge in [-0.05, 0) is 18.2 Å². The van der Waals surface area contributed by atoms with E-state index in [2.05, 4.69) is 15.3 Å². The van der Waals surface area contributed by atoms with Crippen LogP contribution >= 0.6 is 12.2 Å². The maximum absolute atomic E-state index is 12.0. The highest BCUT2D eigenvalue weighted by molar-refractivity contribution is 7.80. The molecule has 2 rings (SSSR count). The van der Waals surface area contributed by atoms with Crippen molar-refractivity contribution in [2.45, 2.75) is 6.92 Å². The van der Waals surface area contributed by atoms with Gasteiger partial charge in [0.25, 0.3) is 5.91 Å². The zero-order valence-electron chi connectivity index (χ0n) is 10.5. The van der Waals surface area contributed by atoms with Gasteiger partial charge in [0.1, 0.15) is 0 Å². The molecule has 98 valence electrons. The van der Waals surface area contributed by atoms with Crippen molar-refractivity contribution < 1.29 is 4.79 Å². The van der Waals surface area contributed by atoms with E-state index in [0.29, 0.717) is 22.6 Å². The molecule has 1 amide bonds. The van der Waals surface area contributed by atoms with Gasteiger partial charge in [0, 0.05) is 30.4 Å². The highest BCUT2D eigenvalue weighted by atomic mass is 32.1. The molecular weight excluding hydrogens is 260 g/mol. The molecule has 1 heterocycles. The number of nitrogens with two attached hydrogens (primary N) is 1. The van der Waals surface area contributed by atoms with Gasteiger partial charge in [-0.15, -0.1) is 0 Å². The summed E-state index contributed by atoms with van der Waals surface area (Å²) < 4.78 is 0. The maximum Gasteiger partial charge on any atom is 0.251 e. The Hall–Kier alpha value is -2.08. The number of nitrogens with one attached hydrogen (secondary N) is 1. The summed E-state index contributed by atoms with van der Waals surface area (Å²) in [6.07, 6.45) is 3.21. The molecule has 3 N–H and O–H groups in total. The lowest BCUT2D eigenvalue weighted by Crippen LogP contribution is -2.33. The van der Waals surface area contributed by atoms with Gasteiger partial charge in [0.05, 0.1) is 16.0 Å². The molecule has 1 aromatic carbocycles. The first-order chi connectivity index (χ1) is 9.08. The van der Waals surface area contributed by atoms with Crippen LogP contribution in [-0.4, -0.2) is 27.4 Å². The van der Waals surface area contributed by atoms with Gasteiger partial charge in [0.2, 0.25) is 0 Å². The van der Waals surface area contributed by atoms with E-state index in [4.69, 9.17) is 18.0 Å². The zero-order valence-corrected chi connectivity index (χ0v) is 11.3. The van der Waals surface area contributed by atoms with Crippen LogP contribution in [0.1, 0.15) is 17.3 Å². The van der Waals surface area contributed by atoms with Crippen molar-refractivity contribution in [2.75, 3.05) is 6.54 Å². The molecular formula is C13H14N4OS. The zero-order chi connectivity index (χ0) is 13.8. The molecule has 0 radical (unpaired) electrons. The molecule has 0 bridgehead atoms. The third kappa shape index (κ3) is 3.23. The fraction of sp³-hybridized carbons (Fsp3) is 0.231. The minimum atomic E-state index is -0.171. The summed E-state index contributed by atoms with van der Waals surface area (Å²) >= 11 is 4.86. The fourth-order valence-corrected chi connectivity index (χ4v) is 1.64. The Morgan fingerprint density at radius 1 is 1.37 bits per heavy atom. The largest absolute Gasteiger partial charge is 0.393 e. The molecule has 0 saturated heterocycles. The lowest BCUT2D eigenvalue weighted by atomic mass is 10.1. The number of carbonyl (C=O) groups is 1. The Morgan fingerprint density at radius 2 is 2.05 bits per heavy atom. The Morgan fingerprint density at radius 3 is 2.74 bits per heavy atom. The summed E-state index contributed by atoms with van der Waals surface area (Å²) in [5, 5.41) is 2.79. The van der Waals surface area contributed by atoms with Gasteiger partial charge >= 0.3 is 0 Å². The van der Waals surface area contributed by atoms with E-state index in [9.17, 15) is 4.79 Å². The van der Waals surface area contributed by atoms with E-state index in [1.54, 1.807) is 30.6 Å². The molecule has 1 aromatic heterocycles. The molecule has 1 atom stereocenters. The van der Waals surface area contributed by atoms with E-state index in [0.717, 1.165) is 5.52 Å². The van der Waals surface area contributed by atoms with E-state index < -0.39 is 0 Å². The van der Waals surface area contributed by atoms with Crippen LogP contribution in [0.2, 0.25) is 0 Å². The van der Waals surface area contributed by atoms with Crippen molar-refractivity contribution in [1.82, 2.24) is 15.3 Å². The number of carbonyl (C=O) groups excluding carboxylic acids is 1. The second-order valence-corrected chi connectivity index (χ2v) is 4.74. The standard InChI is InChI=1S/C13H14N4OS/c1-8(12(14)19)7-17-13(18)9-2-3-10-11(6-9)16-5-4-15-10/h2-6,8H,7H2,1H3,(H2,14,19)(H,17,18). The Kier molecular flexibility index (Phi) is 4.01. The predicted octanol–water partition coefficient (Wildman–Crippen LogP) is 1.28. The number of thiocarbonyl (C=S) groups is 1. The number of amides is 1. The van der Waals surface area contributed by atoms with Crippen LogP contribution in [0, 0.1) is 5.92 Å². The average Bonchev–Trinajstić information content (AvgIpc) is 2.43. The molecule has 5 nitrogen and oxygen atoms in total. The van der Waals surface area contributed by atoms with Crippen LogP contribution in [0.5, 0.6) is 0 Å². The number of fused-ring (bicyclic) bond motifs is 1. The van der Waals surface area contributed by atoms with Gasteiger partial charge in [0.15, 0.2) is 0 Å². The topological polar surface area (TPSA) is 80.9 Å². The summed E-state index contributed by atoms with van der Waals surface area (Å²) in [7, 11) is 0. The van der Waals surface area contributed by atoms with Crippen LogP contribution in [0.3, 0.4) is 0 Å². The summed E-state index contributed by atoms with van der Waals surface area (Å²) in [4.78, 5) is 20.7. The van der Waals surface area contributed by atoms with Gasteiger partial charge in [-0.25, -0.2) is 0 Å². The lowest BCUT2D eigenvalue weighted by Gasteiger charge is -2.11. The molecule has 1 unspecified atom stereocenters. The van der Waals surface area contributed by atoms with Gasteiger partial charge in [-0.3, -0.25) is 14.8 Å². The second-order valence-electron chi connectivity index (χ2n) is 4.27. The van der Waals surface area contributed by atoms with Crippen LogP contribution in [0.15, 0.2) is 30.6 Å². The highest BCUT2D eigenvalue weighted by Gasteiger charge is 2.10. The molecule has 0 fully saturated rings. The monoisotopic (exact) mass is 274 g/mol. The van der Waals surface area contributed by atoms with E-state index >= 15 is 0 Å². The fourth-order valence-electron chi connectivity index (χ4n) is 1.55. The summed E-state index contributed by atoms with van der Waals surface area (Å²) in [5.41, 5.74) is 7.49. The number of rotatable bonds is 4. The molecule has 0 saturated carbocycles. The number of hydrogen-bond acceptors (Lipinski definition) is 4. The summed E-state index contributed by atoms with van der Waals surface area (Å²) in [5.74, 6) is -0.199. The van der Waals surface area contributed by atoms with Gasteiger partial charge in [-0.2, -0.15) is 0 Å². The molecule has 0 aliphatic rings. The van der Waals surface area contributed by atoms with Crippen molar-refractivity contribution in [3.8, 4) is 0 Å². The minimum absolute atomic E-state index is 0.0285. The molecule has 0 spiro atoms. The van der Waals surface area contributed by atoms with Crippen LogP contribution in [0.4, 0.5) is 0 Å². The molecule has 19 heavy (non-hydrogen) atoms. The average molecular weight is 274 g/mol. The first-order valence-electron chi connectivity index (χ1n) is 5.86. The van der Waals surface area contributed by atoms with Crippen LogP contribution < -0.4 is 11.1 Å². The number of nitrogens with zero attached hydrogens (tertiary/aromatic N) is 2. The summed E-state index contributed by atoms with van der Waals surface area (Å²) in [6.45, 7) is 2.29. The molecule has 0 aliphatic carbocycles. The van der Waals surface area contributed by atoms with Crippen molar-refractivity contribution in [3.63, 3.8) is 0 Å². The lowest BCUT2D eigenvalue weighted by molar-refractivity contribution is 0.0951. The maximum atomic E-state index is 12.0. The van der Waals surface area contributed by atoms with Crippen molar-refractivity contribution in [2.24, 2.45) is 11.7 Å². The number of benzene rings is 1. The summed E-state index contributed by atoms with van der Waals surface area (Å²) in [6, 6.07) is 5.20. The Bertz CT molecular complexity index is 629. The Balaban J connectivity index is 2.11. The van der Waals surface area contributed by atoms with E-state index in [1.807, 2.05) is 6.92 Å². The normalized spacial score (nSPS) is 12.1. The molecule has 6 heteroatoms. The van der Waals surface area contributed by atoms with Crippen LogP contribution in [0.25, 0.3) is 11.0 Å². The highest BCUT2D eigenvalue weighted by Crippen LogP contribution is 2.10. The smallest absolute Gasteiger partial charge is 0.251 e. The first-order valence-corrected chi connectivity index (χ1v) is 6.27. The quantitative estimate of drug-likeness (QED) is 0.821. The van der Waals surface area contributed by atoms with Crippen molar-refractivity contribution in [3.05, 3.63) is 36.2 Å².